The first kappa shape index (κ1) is 36.0. The van der Waals surface area contributed by atoms with E-state index in [0.717, 1.165) is 40.3 Å². The van der Waals surface area contributed by atoms with Crippen LogP contribution in [0.5, 0.6) is 0 Å². The summed E-state index contributed by atoms with van der Waals surface area (Å²) >= 11 is 0. The van der Waals surface area contributed by atoms with Crippen LogP contribution < -0.4 is 26.4 Å². The van der Waals surface area contributed by atoms with Crippen LogP contribution in [-0.2, 0) is 29.1 Å². The number of amides is 2. The number of likely N-dealkylation sites (N-methyl/N-ethyl adjacent to an activating group) is 1. The van der Waals surface area contributed by atoms with E-state index in [1.807, 2.05) is 53.6 Å². The zero-order valence-electron chi connectivity index (χ0n) is 30.7. The molecule has 0 radical (unpaired) electrons. The molecule has 2 fully saturated rings. The van der Waals surface area contributed by atoms with Crippen molar-refractivity contribution in [1.82, 2.24) is 35.8 Å². The lowest BCUT2D eigenvalue weighted by Crippen LogP contribution is -2.70. The second-order valence-corrected chi connectivity index (χ2v) is 14.3. The smallest absolute Gasteiger partial charge is 0.243 e. The quantitative estimate of drug-likeness (QED) is 0.132. The van der Waals surface area contributed by atoms with Crippen molar-refractivity contribution < 1.29 is 9.59 Å². The molecule has 6 rings (SSSR count). The van der Waals surface area contributed by atoms with E-state index in [0.29, 0.717) is 32.6 Å². The number of rotatable bonds is 16. The summed E-state index contributed by atoms with van der Waals surface area (Å²) in [5, 5.41) is 14.6. The largest absolute Gasteiger partial charge is 0.368 e. The normalized spacial score (nSPS) is 21.7. The van der Waals surface area contributed by atoms with E-state index in [-0.39, 0.29) is 30.4 Å². The van der Waals surface area contributed by atoms with Crippen LogP contribution in [0.3, 0.4) is 0 Å². The van der Waals surface area contributed by atoms with Gasteiger partial charge in [-0.25, -0.2) is 0 Å². The Balaban J connectivity index is 1.35. The summed E-state index contributed by atoms with van der Waals surface area (Å²) in [6.45, 7) is 15.2. The van der Waals surface area contributed by atoms with Crippen molar-refractivity contribution in [2.45, 2.75) is 63.6 Å². The van der Waals surface area contributed by atoms with E-state index in [9.17, 15) is 4.79 Å². The number of hydrogen-bond donors (Lipinski definition) is 4. The molecule has 2 aliphatic heterocycles. The highest BCUT2D eigenvalue weighted by Crippen LogP contribution is 2.51. The first-order valence-electron chi connectivity index (χ1n) is 17.8. The molecule has 1 saturated heterocycles. The van der Waals surface area contributed by atoms with Crippen molar-refractivity contribution in [1.29, 1.82) is 0 Å². The van der Waals surface area contributed by atoms with Gasteiger partial charge in [-0.2, -0.15) is 0 Å². The molecule has 11 nitrogen and oxygen atoms in total. The lowest BCUT2D eigenvalue weighted by molar-refractivity contribution is -0.149. The first-order chi connectivity index (χ1) is 24.5. The Morgan fingerprint density at radius 2 is 1.82 bits per heavy atom. The van der Waals surface area contributed by atoms with E-state index >= 15 is 4.79 Å². The Kier molecular flexibility index (Phi) is 10.7. The summed E-state index contributed by atoms with van der Waals surface area (Å²) in [5.41, 5.74) is 9.11. The summed E-state index contributed by atoms with van der Waals surface area (Å²) in [4.78, 5) is 34.0. The molecule has 3 aromatic rings. The fourth-order valence-corrected chi connectivity index (χ4v) is 7.58. The second kappa shape index (κ2) is 15.2. The Morgan fingerprint density at radius 3 is 2.53 bits per heavy atom. The molecule has 270 valence electrons. The lowest BCUT2D eigenvalue weighted by atomic mass is 9.96. The van der Waals surface area contributed by atoms with E-state index < -0.39 is 11.7 Å². The number of aryl methyl sites for hydroxylation is 1. The number of carbonyl (C=O) groups excluding carboxylic acids is 2. The molecule has 1 saturated carbocycles. The molecular formula is C40H53N9O2. The number of nitrogens with one attached hydrogen (secondary N) is 4. The van der Waals surface area contributed by atoms with Crippen molar-refractivity contribution in [2.24, 2.45) is 0 Å². The molecule has 0 aromatic heterocycles. The highest BCUT2D eigenvalue weighted by atomic mass is 16.2. The number of para-hydroxylation sites is 1. The van der Waals surface area contributed by atoms with E-state index in [1.165, 1.54) is 5.56 Å². The molecule has 4 N–H and O–H groups in total. The Labute approximate surface area is 302 Å². The molecule has 3 aromatic carbocycles. The molecule has 3 unspecified atom stereocenters. The molecule has 4 atom stereocenters. The minimum absolute atomic E-state index is 0.0138. The van der Waals surface area contributed by atoms with Gasteiger partial charge in [-0.1, -0.05) is 84.9 Å². The fourth-order valence-electron chi connectivity index (χ4n) is 7.58. The van der Waals surface area contributed by atoms with E-state index in [2.05, 4.69) is 101 Å². The van der Waals surface area contributed by atoms with Gasteiger partial charge < -0.3 is 25.8 Å². The van der Waals surface area contributed by atoms with E-state index in [1.54, 1.807) is 19.0 Å². The lowest BCUT2D eigenvalue weighted by Gasteiger charge is -2.49. The number of nitrogens with zero attached hydrogens (tertiary/aromatic N) is 5. The number of carbonyl (C=O) groups is 2. The molecule has 0 spiro atoms. The van der Waals surface area contributed by atoms with Crippen molar-refractivity contribution in [2.75, 3.05) is 51.2 Å². The molecule has 2 heterocycles. The van der Waals surface area contributed by atoms with Crippen molar-refractivity contribution in [3.8, 4) is 0 Å². The molecule has 0 bridgehead atoms. The number of piperazine rings is 1. The molecule has 3 aliphatic rings. The number of fused-ring (bicyclic) bond motifs is 2. The molecule has 1 aliphatic carbocycles. The van der Waals surface area contributed by atoms with Crippen molar-refractivity contribution in [3.63, 3.8) is 0 Å². The van der Waals surface area contributed by atoms with Gasteiger partial charge in [-0.05, 0) is 43.0 Å². The van der Waals surface area contributed by atoms with Crippen LogP contribution in [0, 0.1) is 6.92 Å². The van der Waals surface area contributed by atoms with Crippen molar-refractivity contribution >= 4 is 23.2 Å². The van der Waals surface area contributed by atoms with Crippen LogP contribution in [0.25, 0.3) is 0 Å². The molecular weight excluding hydrogens is 639 g/mol. The van der Waals surface area contributed by atoms with Gasteiger partial charge in [-0.3, -0.25) is 24.9 Å². The maximum Gasteiger partial charge on any atom is 0.243 e. The van der Waals surface area contributed by atoms with Gasteiger partial charge in [0.25, 0.3) is 0 Å². The molecule has 11 heteroatoms. The summed E-state index contributed by atoms with van der Waals surface area (Å²) < 4.78 is 0. The van der Waals surface area contributed by atoms with Crippen LogP contribution in [-0.4, -0.2) is 96.2 Å². The highest BCUT2D eigenvalue weighted by molar-refractivity contribution is 5.87. The summed E-state index contributed by atoms with van der Waals surface area (Å²) in [7, 11) is 5.43. The van der Waals surface area contributed by atoms with Gasteiger partial charge in [0.2, 0.25) is 11.8 Å². The van der Waals surface area contributed by atoms with Crippen LogP contribution in [0.4, 0.5) is 11.4 Å². The number of anilines is 2. The van der Waals surface area contributed by atoms with Crippen LogP contribution in [0.15, 0.2) is 97.9 Å². The Bertz CT molecular complexity index is 1730. The first-order valence-corrected chi connectivity index (χ1v) is 17.8. The third-order valence-corrected chi connectivity index (χ3v) is 10.3. The van der Waals surface area contributed by atoms with Gasteiger partial charge in [0.15, 0.2) is 0 Å². The third kappa shape index (κ3) is 7.61. The Hall–Kier alpha value is -4.84. The average Bonchev–Trinajstić information content (AvgIpc) is 3.73. The summed E-state index contributed by atoms with van der Waals surface area (Å²) in [6, 6.07) is 24.4. The zero-order chi connectivity index (χ0) is 36.3. The predicted octanol–water partition coefficient (Wildman–Crippen LogP) is 3.82. The fraction of sp³-hybridized carbons (Fsp3) is 0.400. The second-order valence-electron chi connectivity index (χ2n) is 14.3. The number of benzene rings is 3. The molecule has 2 amide bonds. The minimum Gasteiger partial charge on any atom is -0.368 e. The minimum atomic E-state index is -0.535. The molecule has 51 heavy (non-hydrogen) atoms. The van der Waals surface area contributed by atoms with Crippen LogP contribution in [0.1, 0.15) is 35.6 Å². The SMILES string of the molecule is C=CCNCC(C)N1[C@@H](Cc2ccc(C)cc2)C(=O)N(Cc2cccc3c2N(CC(=O)N(C)C)N(C)N3)C2CC21NC(=C)NCc1ccccc1. The highest BCUT2D eigenvalue weighted by Gasteiger charge is 2.69. The third-order valence-electron chi connectivity index (χ3n) is 10.3. The Morgan fingerprint density at radius 1 is 1.08 bits per heavy atom. The van der Waals surface area contributed by atoms with Gasteiger partial charge >= 0.3 is 0 Å². The maximum atomic E-state index is 15.0. The van der Waals surface area contributed by atoms with Gasteiger partial charge in [0, 0.05) is 59.8 Å². The van der Waals surface area contributed by atoms with Crippen LogP contribution in [0.2, 0.25) is 0 Å². The van der Waals surface area contributed by atoms with Gasteiger partial charge in [0.1, 0.15) is 12.2 Å². The predicted molar refractivity (Wildman–Crippen MR) is 204 cm³/mol. The standard InChI is InChI=1S/C40H53N9O2/c1-8-21-41-24-29(3)49-35(22-31-19-17-28(2)18-20-31)39(51)47(36-23-40(36,49)43-30(4)42-25-32-13-10-9-11-14-32)26-33-15-12-16-34-38(33)48(46(7)44-34)27-37(50)45(5)6/h8-20,29,35-36,41-44H,1,4,21-27H2,2-3,5-7H3/t29?,35-,36?,40?/m0/s1. The van der Waals surface area contributed by atoms with Crippen LogP contribution >= 0.6 is 0 Å². The van der Waals surface area contributed by atoms with Crippen molar-refractivity contribution in [3.05, 3.63) is 120 Å². The van der Waals surface area contributed by atoms with E-state index in [4.69, 9.17) is 0 Å². The zero-order valence-corrected chi connectivity index (χ0v) is 30.7. The monoisotopic (exact) mass is 691 g/mol. The topological polar surface area (TPSA) is 98.5 Å². The van der Waals surface area contributed by atoms with Gasteiger partial charge in [-0.15, -0.1) is 11.7 Å². The number of hydrogen-bond acceptors (Lipinski definition) is 9. The average molecular weight is 692 g/mol. The van der Waals surface area contributed by atoms with Gasteiger partial charge in [0.05, 0.1) is 29.3 Å². The summed E-state index contributed by atoms with van der Waals surface area (Å²) in [6.07, 6.45) is 3.18. The maximum absolute atomic E-state index is 15.0. The number of hydrazine groups is 2. The summed E-state index contributed by atoms with van der Waals surface area (Å²) in [5.74, 6) is 0.808.